The molecule has 0 amide bonds. The Morgan fingerprint density at radius 3 is 2.79 bits per heavy atom. The minimum atomic E-state index is -0.434. The maximum Gasteiger partial charge on any atom is 0.331 e. The van der Waals surface area contributed by atoms with Crippen LogP contribution in [0.5, 0.6) is 0 Å². The molecule has 3 N–H and O–H groups in total. The fraction of sp³-hybridized carbons (Fsp3) is 0.182. The molecule has 2 heterocycles. The molecule has 0 saturated carbocycles. The molecule has 0 fully saturated rings. The van der Waals surface area contributed by atoms with Gasteiger partial charge in [0, 0.05) is 19.3 Å². The first-order chi connectivity index (χ1) is 9.02. The minimum Gasteiger partial charge on any atom is -0.308 e. The number of rotatable bonds is 3. The van der Waals surface area contributed by atoms with Gasteiger partial charge in [0.2, 0.25) is 0 Å². The maximum atomic E-state index is 11.9. The van der Waals surface area contributed by atoms with Gasteiger partial charge < -0.3 is 9.99 Å². The molecule has 8 heteroatoms. The van der Waals surface area contributed by atoms with Crippen LogP contribution in [0, 0.1) is 0 Å². The number of nitrogen functional groups attached to an aromatic ring is 1. The van der Waals surface area contributed by atoms with Crippen molar-refractivity contribution in [3.63, 3.8) is 0 Å². The third-order valence-corrected chi connectivity index (χ3v) is 2.96. The zero-order chi connectivity index (χ0) is 14.0. The van der Waals surface area contributed by atoms with E-state index in [0.29, 0.717) is 16.5 Å². The summed E-state index contributed by atoms with van der Waals surface area (Å²) in [4.78, 5) is 27.7. The SMILES string of the molecule is Cn1ccc(=O)n(Cc2nc(NN)ccc2Cl)c1=O. The van der Waals surface area contributed by atoms with Gasteiger partial charge in [-0.15, -0.1) is 0 Å². The summed E-state index contributed by atoms with van der Waals surface area (Å²) in [5.74, 6) is 5.66. The molecular weight excluding hydrogens is 270 g/mol. The second-order valence-electron chi connectivity index (χ2n) is 3.90. The predicted molar refractivity (Wildman–Crippen MR) is 72.1 cm³/mol. The van der Waals surface area contributed by atoms with Gasteiger partial charge in [-0.1, -0.05) is 11.6 Å². The first-order valence-electron chi connectivity index (χ1n) is 5.41. The summed E-state index contributed by atoms with van der Waals surface area (Å²) in [5.41, 5.74) is 1.93. The molecule has 19 heavy (non-hydrogen) atoms. The number of nitrogens with one attached hydrogen (secondary N) is 1. The summed E-state index contributed by atoms with van der Waals surface area (Å²) < 4.78 is 2.36. The fourth-order valence-corrected chi connectivity index (χ4v) is 1.75. The number of nitrogens with zero attached hydrogens (tertiary/aromatic N) is 3. The Bertz CT molecular complexity index is 722. The van der Waals surface area contributed by atoms with Crippen LogP contribution in [0.1, 0.15) is 5.69 Å². The molecule has 0 saturated heterocycles. The molecule has 7 nitrogen and oxygen atoms in total. The third kappa shape index (κ3) is 2.67. The number of anilines is 1. The van der Waals surface area contributed by atoms with Gasteiger partial charge in [0.25, 0.3) is 5.56 Å². The second kappa shape index (κ2) is 5.25. The first-order valence-corrected chi connectivity index (χ1v) is 5.79. The number of hydrogen-bond acceptors (Lipinski definition) is 5. The van der Waals surface area contributed by atoms with Crippen LogP contribution in [-0.2, 0) is 13.6 Å². The topological polar surface area (TPSA) is 94.9 Å². The lowest BCUT2D eigenvalue weighted by atomic mass is 10.3. The average molecular weight is 282 g/mol. The number of aryl methyl sites for hydroxylation is 1. The van der Waals surface area contributed by atoms with Crippen molar-refractivity contribution in [1.82, 2.24) is 14.1 Å². The van der Waals surface area contributed by atoms with Crippen LogP contribution in [-0.4, -0.2) is 14.1 Å². The van der Waals surface area contributed by atoms with E-state index in [9.17, 15) is 9.59 Å². The Hall–Kier alpha value is -2.12. The number of pyridine rings is 1. The Balaban J connectivity index is 2.50. The highest BCUT2D eigenvalue weighted by atomic mass is 35.5. The monoisotopic (exact) mass is 281 g/mol. The predicted octanol–water partition coefficient (Wildman–Crippen LogP) is -0.0707. The first kappa shape index (κ1) is 13.3. The molecule has 0 aliphatic heterocycles. The van der Waals surface area contributed by atoms with Crippen LogP contribution >= 0.6 is 11.6 Å². The number of hydrogen-bond donors (Lipinski definition) is 2. The molecule has 2 aromatic rings. The quantitative estimate of drug-likeness (QED) is 0.606. The van der Waals surface area contributed by atoms with Gasteiger partial charge in [-0.3, -0.25) is 9.36 Å². The van der Waals surface area contributed by atoms with Crippen molar-refractivity contribution in [3.05, 3.63) is 56.0 Å². The van der Waals surface area contributed by atoms with E-state index >= 15 is 0 Å². The van der Waals surface area contributed by atoms with Crippen molar-refractivity contribution in [1.29, 1.82) is 0 Å². The molecule has 0 bridgehead atoms. The lowest BCUT2D eigenvalue weighted by molar-refractivity contribution is 0.631. The molecule has 2 aromatic heterocycles. The smallest absolute Gasteiger partial charge is 0.308 e. The van der Waals surface area contributed by atoms with E-state index in [1.165, 1.54) is 16.8 Å². The van der Waals surface area contributed by atoms with Crippen LogP contribution in [0.15, 0.2) is 34.0 Å². The summed E-state index contributed by atoms with van der Waals surface area (Å²) in [6.07, 6.45) is 1.41. The van der Waals surface area contributed by atoms with Crippen LogP contribution in [0.2, 0.25) is 5.02 Å². The summed E-state index contributed by atoms with van der Waals surface area (Å²) in [6.45, 7) is -0.0132. The van der Waals surface area contributed by atoms with Crippen molar-refractivity contribution >= 4 is 17.4 Å². The zero-order valence-corrected chi connectivity index (χ0v) is 10.9. The van der Waals surface area contributed by atoms with E-state index in [1.54, 1.807) is 19.2 Å². The van der Waals surface area contributed by atoms with E-state index < -0.39 is 11.2 Å². The van der Waals surface area contributed by atoms with E-state index in [4.69, 9.17) is 17.4 Å². The molecule has 0 radical (unpaired) electrons. The number of halogens is 1. The Morgan fingerprint density at radius 2 is 2.11 bits per heavy atom. The maximum absolute atomic E-state index is 11.9. The normalized spacial score (nSPS) is 10.5. The Kier molecular flexibility index (Phi) is 3.68. The van der Waals surface area contributed by atoms with Gasteiger partial charge in [0.15, 0.2) is 0 Å². The summed E-state index contributed by atoms with van der Waals surface area (Å²) in [5, 5.41) is 0.358. The molecular formula is C11H12ClN5O2. The lowest BCUT2D eigenvalue weighted by Gasteiger charge is -2.09. The van der Waals surface area contributed by atoms with Crippen molar-refractivity contribution < 1.29 is 0 Å². The zero-order valence-electron chi connectivity index (χ0n) is 10.1. The number of nitrogens with two attached hydrogens (primary N) is 1. The van der Waals surface area contributed by atoms with Crippen LogP contribution < -0.4 is 22.5 Å². The molecule has 2 rings (SSSR count). The summed E-state index contributed by atoms with van der Waals surface area (Å²) >= 11 is 5.99. The van der Waals surface area contributed by atoms with Crippen molar-refractivity contribution in [2.24, 2.45) is 12.9 Å². The number of hydrazine groups is 1. The van der Waals surface area contributed by atoms with Crippen molar-refractivity contribution in [3.8, 4) is 0 Å². The van der Waals surface area contributed by atoms with E-state index in [-0.39, 0.29) is 6.54 Å². The molecule has 0 aliphatic rings. The highest BCUT2D eigenvalue weighted by Gasteiger charge is 2.09. The number of aromatic nitrogens is 3. The second-order valence-corrected chi connectivity index (χ2v) is 4.31. The highest BCUT2D eigenvalue weighted by molar-refractivity contribution is 6.31. The Morgan fingerprint density at radius 1 is 1.37 bits per heavy atom. The average Bonchev–Trinajstić information content (AvgIpc) is 2.41. The van der Waals surface area contributed by atoms with E-state index in [0.717, 1.165) is 4.57 Å². The van der Waals surface area contributed by atoms with Gasteiger partial charge >= 0.3 is 5.69 Å². The van der Waals surface area contributed by atoms with Crippen LogP contribution in [0.25, 0.3) is 0 Å². The summed E-state index contributed by atoms with van der Waals surface area (Å²) in [6, 6.07) is 4.50. The lowest BCUT2D eigenvalue weighted by Crippen LogP contribution is -2.38. The fourth-order valence-electron chi connectivity index (χ4n) is 1.58. The van der Waals surface area contributed by atoms with Crippen LogP contribution in [0.4, 0.5) is 5.82 Å². The molecule has 100 valence electrons. The van der Waals surface area contributed by atoms with E-state index in [2.05, 4.69) is 10.4 Å². The largest absolute Gasteiger partial charge is 0.331 e. The van der Waals surface area contributed by atoms with Gasteiger partial charge in [0.05, 0.1) is 17.3 Å². The van der Waals surface area contributed by atoms with E-state index in [1.807, 2.05) is 0 Å². The Labute approximate surface area is 113 Å². The third-order valence-electron chi connectivity index (χ3n) is 2.61. The van der Waals surface area contributed by atoms with Crippen molar-refractivity contribution in [2.45, 2.75) is 6.54 Å². The molecule has 0 aliphatic carbocycles. The minimum absolute atomic E-state index is 0.0132. The van der Waals surface area contributed by atoms with Crippen LogP contribution in [0.3, 0.4) is 0 Å². The summed E-state index contributed by atoms with van der Waals surface area (Å²) in [7, 11) is 1.56. The van der Waals surface area contributed by atoms with Gasteiger partial charge in [0.1, 0.15) is 5.82 Å². The highest BCUT2D eigenvalue weighted by Crippen LogP contribution is 2.16. The standard InChI is InChI=1S/C11H12ClN5O2/c1-16-5-4-10(18)17(11(16)19)6-8-7(12)2-3-9(14-8)15-13/h2-5H,6,13H2,1H3,(H,14,15). The van der Waals surface area contributed by atoms with Gasteiger partial charge in [-0.25, -0.2) is 15.6 Å². The molecule has 0 aromatic carbocycles. The van der Waals surface area contributed by atoms with Gasteiger partial charge in [-0.2, -0.15) is 0 Å². The molecule has 0 unspecified atom stereocenters. The molecule has 0 spiro atoms. The van der Waals surface area contributed by atoms with Crippen molar-refractivity contribution in [2.75, 3.05) is 5.43 Å². The van der Waals surface area contributed by atoms with Gasteiger partial charge in [-0.05, 0) is 12.1 Å². The molecule has 0 atom stereocenters.